The minimum absolute atomic E-state index is 0.135. The fraction of sp³-hybridized carbons (Fsp3) is 0.375. The maximum absolute atomic E-state index is 12.9. The third-order valence-electron chi connectivity index (χ3n) is 3.58. The van der Waals surface area contributed by atoms with Gasteiger partial charge in [-0.05, 0) is 43.5 Å². The quantitative estimate of drug-likeness (QED) is 0.879. The molecule has 5 nitrogen and oxygen atoms in total. The first-order valence-electron chi connectivity index (χ1n) is 7.32. The van der Waals surface area contributed by atoms with Gasteiger partial charge in [0.15, 0.2) is 5.69 Å². The first-order chi connectivity index (χ1) is 11.2. The first-order valence-corrected chi connectivity index (χ1v) is 7.32. The fourth-order valence-electron chi connectivity index (χ4n) is 2.25. The Morgan fingerprint density at radius 3 is 2.58 bits per heavy atom. The van der Waals surface area contributed by atoms with Gasteiger partial charge in [0.2, 0.25) is 5.91 Å². The molecular weight excluding hydrogens is 323 g/mol. The molecule has 0 atom stereocenters. The highest BCUT2D eigenvalue weighted by Crippen LogP contribution is 2.30. The van der Waals surface area contributed by atoms with Crippen LogP contribution in [-0.4, -0.2) is 27.4 Å². The third-order valence-corrected chi connectivity index (χ3v) is 3.58. The van der Waals surface area contributed by atoms with Crippen LogP contribution < -0.4 is 5.32 Å². The number of nitrogens with one attached hydrogen (secondary N) is 1. The molecule has 1 amide bonds. The Morgan fingerprint density at radius 2 is 2.00 bits per heavy atom. The monoisotopic (exact) mass is 341 g/mol. The number of benzene rings is 1. The summed E-state index contributed by atoms with van der Waals surface area (Å²) in [5.74, 6) is -0.481. The van der Waals surface area contributed by atoms with Gasteiger partial charge in [-0.25, -0.2) is 0 Å². The molecule has 0 saturated carbocycles. The van der Waals surface area contributed by atoms with Crippen molar-refractivity contribution in [2.75, 3.05) is 11.9 Å². The van der Waals surface area contributed by atoms with E-state index in [0.29, 0.717) is 5.69 Å². The van der Waals surface area contributed by atoms with Crippen molar-refractivity contribution in [1.29, 1.82) is 0 Å². The second-order valence-electron chi connectivity index (χ2n) is 5.52. The fourth-order valence-corrected chi connectivity index (χ4v) is 2.25. The van der Waals surface area contributed by atoms with Gasteiger partial charge in [-0.1, -0.05) is 6.07 Å². The number of rotatable bonds is 5. The Kier molecular flexibility index (Phi) is 5.28. The zero-order valence-electron chi connectivity index (χ0n) is 13.3. The molecule has 1 aromatic heterocycles. The topological polar surface area (TPSA) is 67.2 Å². The van der Waals surface area contributed by atoms with Crippen molar-refractivity contribution in [2.45, 2.75) is 33.0 Å². The highest BCUT2D eigenvalue weighted by Gasteiger charge is 2.37. The number of amides is 1. The summed E-state index contributed by atoms with van der Waals surface area (Å²) in [5, 5.41) is 14.9. The number of aryl methyl sites for hydroxylation is 2. The Hall–Kier alpha value is -2.35. The van der Waals surface area contributed by atoms with Gasteiger partial charge in [0.05, 0.1) is 0 Å². The van der Waals surface area contributed by atoms with Crippen LogP contribution in [-0.2, 0) is 23.9 Å². The van der Waals surface area contributed by atoms with E-state index in [-0.39, 0.29) is 18.5 Å². The van der Waals surface area contributed by atoms with Crippen molar-refractivity contribution in [3.05, 3.63) is 46.8 Å². The third kappa shape index (κ3) is 4.35. The highest BCUT2D eigenvalue weighted by atomic mass is 19.4. The summed E-state index contributed by atoms with van der Waals surface area (Å²) in [4.78, 5) is 12.0. The Morgan fingerprint density at radius 1 is 1.29 bits per heavy atom. The SMILES string of the molecule is Cc1ccc(NC(=O)Cn2cc(CCO)c(C(F)(F)F)n2)cc1C. The summed E-state index contributed by atoms with van der Waals surface area (Å²) in [6.45, 7) is 3.06. The Bertz CT molecular complexity index is 739. The molecule has 0 unspecified atom stereocenters. The number of aromatic nitrogens is 2. The lowest BCUT2D eigenvalue weighted by Gasteiger charge is -2.08. The van der Waals surface area contributed by atoms with Gasteiger partial charge in [0, 0.05) is 24.1 Å². The van der Waals surface area contributed by atoms with E-state index in [9.17, 15) is 18.0 Å². The van der Waals surface area contributed by atoms with Crippen molar-refractivity contribution < 1.29 is 23.1 Å². The molecule has 0 bridgehead atoms. The summed E-state index contributed by atoms with van der Waals surface area (Å²) in [6.07, 6.45) is -3.66. The molecule has 2 N–H and O–H groups in total. The summed E-state index contributed by atoms with van der Waals surface area (Å²) < 4.78 is 39.6. The van der Waals surface area contributed by atoms with Gasteiger partial charge in [-0.3, -0.25) is 9.48 Å². The molecule has 1 aromatic carbocycles. The zero-order valence-corrected chi connectivity index (χ0v) is 13.3. The standard InChI is InChI=1S/C16H18F3N3O2/c1-10-3-4-13(7-11(10)2)20-14(24)9-22-8-12(5-6-23)15(21-22)16(17,18)19/h3-4,7-8,23H,5-6,9H2,1-2H3,(H,20,24). The molecule has 0 aliphatic carbocycles. The molecule has 0 fully saturated rings. The van der Waals surface area contributed by atoms with E-state index >= 15 is 0 Å². The number of hydrogen-bond donors (Lipinski definition) is 2. The molecule has 0 spiro atoms. The average Bonchev–Trinajstić information content (AvgIpc) is 2.86. The Balaban J connectivity index is 2.12. The predicted octanol–water partition coefficient (Wildman–Crippen LogP) is 2.69. The van der Waals surface area contributed by atoms with Crippen LogP contribution in [0.15, 0.2) is 24.4 Å². The maximum Gasteiger partial charge on any atom is 0.435 e. The number of carbonyl (C=O) groups excluding carboxylic acids is 1. The van der Waals surface area contributed by atoms with E-state index < -0.39 is 24.4 Å². The van der Waals surface area contributed by atoms with E-state index in [1.54, 1.807) is 12.1 Å². The molecule has 0 saturated heterocycles. The van der Waals surface area contributed by atoms with Gasteiger partial charge in [0.1, 0.15) is 6.54 Å². The van der Waals surface area contributed by atoms with E-state index in [2.05, 4.69) is 10.4 Å². The molecular formula is C16H18F3N3O2. The van der Waals surface area contributed by atoms with Crippen molar-refractivity contribution in [3.8, 4) is 0 Å². The molecule has 0 aliphatic rings. The van der Waals surface area contributed by atoms with Crippen LogP contribution in [0.1, 0.15) is 22.4 Å². The number of nitrogens with zero attached hydrogens (tertiary/aromatic N) is 2. The van der Waals surface area contributed by atoms with Crippen molar-refractivity contribution in [2.24, 2.45) is 0 Å². The summed E-state index contributed by atoms with van der Waals surface area (Å²) >= 11 is 0. The molecule has 1 heterocycles. The van der Waals surface area contributed by atoms with Crippen LogP contribution >= 0.6 is 0 Å². The normalized spacial score (nSPS) is 11.6. The molecule has 2 rings (SSSR count). The number of aliphatic hydroxyl groups excluding tert-OH is 1. The van der Waals surface area contributed by atoms with Crippen LogP contribution in [0.4, 0.5) is 18.9 Å². The first kappa shape index (κ1) is 18.0. The van der Waals surface area contributed by atoms with Crippen LogP contribution in [0, 0.1) is 13.8 Å². The van der Waals surface area contributed by atoms with E-state index in [0.717, 1.165) is 22.0 Å². The van der Waals surface area contributed by atoms with Crippen LogP contribution in [0.2, 0.25) is 0 Å². The maximum atomic E-state index is 12.9. The number of carbonyl (C=O) groups is 1. The van der Waals surface area contributed by atoms with E-state index in [1.165, 1.54) is 0 Å². The molecule has 0 aliphatic heterocycles. The lowest BCUT2D eigenvalue weighted by atomic mass is 10.1. The number of alkyl halides is 3. The van der Waals surface area contributed by atoms with E-state index in [4.69, 9.17) is 5.11 Å². The minimum atomic E-state index is -4.62. The molecule has 8 heteroatoms. The van der Waals surface area contributed by atoms with Crippen LogP contribution in [0.5, 0.6) is 0 Å². The smallest absolute Gasteiger partial charge is 0.396 e. The summed E-state index contributed by atoms with van der Waals surface area (Å²) in [7, 11) is 0. The number of hydrogen-bond acceptors (Lipinski definition) is 3. The van der Waals surface area contributed by atoms with Crippen molar-refractivity contribution >= 4 is 11.6 Å². The molecule has 0 radical (unpaired) electrons. The summed E-state index contributed by atoms with van der Waals surface area (Å²) in [6, 6.07) is 5.36. The van der Waals surface area contributed by atoms with Crippen LogP contribution in [0.25, 0.3) is 0 Å². The minimum Gasteiger partial charge on any atom is -0.396 e. The van der Waals surface area contributed by atoms with Crippen molar-refractivity contribution in [1.82, 2.24) is 9.78 Å². The van der Waals surface area contributed by atoms with Crippen LogP contribution in [0.3, 0.4) is 0 Å². The predicted molar refractivity (Wildman–Crippen MR) is 82.6 cm³/mol. The van der Waals surface area contributed by atoms with Crippen molar-refractivity contribution in [3.63, 3.8) is 0 Å². The summed E-state index contributed by atoms with van der Waals surface area (Å²) in [5.41, 5.74) is 1.43. The van der Waals surface area contributed by atoms with Gasteiger partial charge in [-0.15, -0.1) is 0 Å². The molecule has 2 aromatic rings. The highest BCUT2D eigenvalue weighted by molar-refractivity contribution is 5.90. The average molecular weight is 341 g/mol. The number of halogens is 3. The van der Waals surface area contributed by atoms with E-state index in [1.807, 2.05) is 19.9 Å². The molecule has 24 heavy (non-hydrogen) atoms. The van der Waals surface area contributed by atoms with Gasteiger partial charge in [0.25, 0.3) is 0 Å². The lowest BCUT2D eigenvalue weighted by molar-refractivity contribution is -0.142. The second-order valence-corrected chi connectivity index (χ2v) is 5.52. The van der Waals surface area contributed by atoms with Gasteiger partial charge >= 0.3 is 6.18 Å². The molecule has 130 valence electrons. The zero-order chi connectivity index (χ0) is 17.9. The lowest BCUT2D eigenvalue weighted by Crippen LogP contribution is -2.19. The largest absolute Gasteiger partial charge is 0.435 e. The number of anilines is 1. The van der Waals surface area contributed by atoms with Gasteiger partial charge < -0.3 is 10.4 Å². The second kappa shape index (κ2) is 7.04. The Labute approximate surface area is 137 Å². The van der Waals surface area contributed by atoms with Gasteiger partial charge in [-0.2, -0.15) is 18.3 Å². The number of aliphatic hydroxyl groups is 1.